The zero-order valence-corrected chi connectivity index (χ0v) is 12.2. The Morgan fingerprint density at radius 1 is 1.26 bits per heavy atom. The molecule has 0 aromatic heterocycles. The minimum atomic E-state index is -0.532. The average molecular weight is 345 g/mol. The Hall–Kier alpha value is -1.10. The van der Waals surface area contributed by atoms with Gasteiger partial charge in [0.1, 0.15) is 5.82 Å². The summed E-state index contributed by atoms with van der Waals surface area (Å²) in [5, 5.41) is 13.1. The monoisotopic (exact) mass is 343 g/mol. The van der Waals surface area contributed by atoms with Crippen molar-refractivity contribution in [3.8, 4) is 0 Å². The van der Waals surface area contributed by atoms with Gasteiger partial charge in [-0.1, -0.05) is 33.6 Å². The number of hydrogen-bond acceptors (Lipinski definition) is 2. The molecule has 0 aliphatic heterocycles. The van der Waals surface area contributed by atoms with Crippen molar-refractivity contribution in [2.24, 2.45) is 0 Å². The van der Waals surface area contributed by atoms with Crippen molar-refractivity contribution < 1.29 is 9.50 Å². The van der Waals surface area contributed by atoms with E-state index < -0.39 is 6.04 Å². The van der Waals surface area contributed by atoms with Crippen molar-refractivity contribution in [2.75, 3.05) is 11.9 Å². The van der Waals surface area contributed by atoms with Crippen LogP contribution in [-0.2, 0) is 0 Å². The van der Waals surface area contributed by atoms with E-state index in [-0.39, 0.29) is 12.4 Å². The molecule has 2 aromatic carbocycles. The lowest BCUT2D eigenvalue weighted by molar-refractivity contribution is 0.274. The first-order chi connectivity index (χ1) is 9.10. The highest BCUT2D eigenvalue weighted by molar-refractivity contribution is 9.10. The second kappa shape index (κ2) is 6.37. The van der Waals surface area contributed by atoms with E-state index in [4.69, 9.17) is 11.6 Å². The van der Waals surface area contributed by atoms with E-state index in [1.54, 1.807) is 30.3 Å². The average Bonchev–Trinajstić information content (AvgIpc) is 2.39. The van der Waals surface area contributed by atoms with E-state index in [9.17, 15) is 9.50 Å². The van der Waals surface area contributed by atoms with Crippen LogP contribution in [0.25, 0.3) is 0 Å². The third kappa shape index (κ3) is 3.69. The van der Waals surface area contributed by atoms with Crippen LogP contribution < -0.4 is 5.32 Å². The van der Waals surface area contributed by atoms with Crippen LogP contribution in [-0.4, -0.2) is 11.7 Å². The molecule has 0 aliphatic rings. The smallest absolute Gasteiger partial charge is 0.128 e. The molecule has 19 heavy (non-hydrogen) atoms. The van der Waals surface area contributed by atoms with E-state index >= 15 is 0 Å². The summed E-state index contributed by atoms with van der Waals surface area (Å²) in [5.74, 6) is -0.364. The number of benzene rings is 2. The first kappa shape index (κ1) is 14.3. The van der Waals surface area contributed by atoms with Crippen molar-refractivity contribution in [2.45, 2.75) is 6.04 Å². The maximum Gasteiger partial charge on any atom is 0.128 e. The highest BCUT2D eigenvalue weighted by Gasteiger charge is 2.15. The third-order valence-electron chi connectivity index (χ3n) is 2.68. The molecule has 0 amide bonds. The lowest BCUT2D eigenvalue weighted by atomic mass is 10.1. The van der Waals surface area contributed by atoms with E-state index in [2.05, 4.69) is 21.2 Å². The minimum absolute atomic E-state index is 0.222. The van der Waals surface area contributed by atoms with Crippen LogP contribution in [0.1, 0.15) is 11.6 Å². The molecule has 100 valence electrons. The van der Waals surface area contributed by atoms with Gasteiger partial charge < -0.3 is 10.4 Å². The standard InChI is InChI=1S/C14H12BrClFNO/c15-9-4-5-13(17)12(6-9)14(8-19)18-11-3-1-2-10(16)7-11/h1-7,14,18-19H,8H2. The van der Waals surface area contributed by atoms with Crippen molar-refractivity contribution in [3.63, 3.8) is 0 Å². The quantitative estimate of drug-likeness (QED) is 0.862. The highest BCUT2D eigenvalue weighted by Crippen LogP contribution is 2.26. The van der Waals surface area contributed by atoms with Crippen molar-refractivity contribution in [1.29, 1.82) is 0 Å². The van der Waals surface area contributed by atoms with Gasteiger partial charge in [0.25, 0.3) is 0 Å². The van der Waals surface area contributed by atoms with Gasteiger partial charge in [-0.2, -0.15) is 0 Å². The van der Waals surface area contributed by atoms with Crippen molar-refractivity contribution in [1.82, 2.24) is 0 Å². The summed E-state index contributed by atoms with van der Waals surface area (Å²) in [4.78, 5) is 0. The van der Waals surface area contributed by atoms with Gasteiger partial charge >= 0.3 is 0 Å². The largest absolute Gasteiger partial charge is 0.394 e. The summed E-state index contributed by atoms with van der Waals surface area (Å²) in [6.07, 6.45) is 0. The predicted molar refractivity (Wildman–Crippen MR) is 79.0 cm³/mol. The highest BCUT2D eigenvalue weighted by atomic mass is 79.9. The molecule has 0 fully saturated rings. The molecule has 2 N–H and O–H groups in total. The third-order valence-corrected chi connectivity index (χ3v) is 3.41. The van der Waals surface area contributed by atoms with Crippen LogP contribution in [0, 0.1) is 5.82 Å². The number of nitrogens with one attached hydrogen (secondary N) is 1. The second-order valence-corrected chi connectivity index (χ2v) is 5.41. The van der Waals surface area contributed by atoms with Crippen LogP contribution in [0.15, 0.2) is 46.9 Å². The van der Waals surface area contributed by atoms with Gasteiger partial charge in [-0.25, -0.2) is 4.39 Å². The van der Waals surface area contributed by atoms with E-state index in [0.29, 0.717) is 10.6 Å². The summed E-state index contributed by atoms with van der Waals surface area (Å²) in [6.45, 7) is -0.222. The fourth-order valence-electron chi connectivity index (χ4n) is 1.78. The van der Waals surface area contributed by atoms with Crippen molar-refractivity contribution >= 4 is 33.2 Å². The lowest BCUT2D eigenvalue weighted by Crippen LogP contribution is -2.16. The predicted octanol–water partition coefficient (Wildman–Crippen LogP) is 4.39. The molecule has 2 aromatic rings. The summed E-state index contributed by atoms with van der Waals surface area (Å²) in [7, 11) is 0. The Morgan fingerprint density at radius 3 is 2.74 bits per heavy atom. The minimum Gasteiger partial charge on any atom is -0.394 e. The zero-order chi connectivity index (χ0) is 13.8. The molecular weight excluding hydrogens is 333 g/mol. The fraction of sp³-hybridized carbons (Fsp3) is 0.143. The molecule has 0 saturated carbocycles. The Balaban J connectivity index is 2.27. The van der Waals surface area contributed by atoms with Gasteiger partial charge in [0.05, 0.1) is 12.6 Å². The normalized spacial score (nSPS) is 12.2. The van der Waals surface area contributed by atoms with Gasteiger partial charge in [-0.05, 0) is 36.4 Å². The molecule has 2 nitrogen and oxygen atoms in total. The van der Waals surface area contributed by atoms with Crippen LogP contribution in [0.3, 0.4) is 0 Å². The molecule has 0 bridgehead atoms. The summed E-state index contributed by atoms with van der Waals surface area (Å²) in [5.41, 5.74) is 1.13. The molecule has 0 radical (unpaired) electrons. The SMILES string of the molecule is OCC(Nc1cccc(Cl)c1)c1cc(Br)ccc1F. The molecule has 0 heterocycles. The van der Waals surface area contributed by atoms with Gasteiger partial charge in [0.2, 0.25) is 0 Å². The Labute approximate surface area is 124 Å². The first-order valence-electron chi connectivity index (χ1n) is 5.68. The summed E-state index contributed by atoms with van der Waals surface area (Å²) in [6, 6.07) is 11.2. The van der Waals surface area contributed by atoms with Gasteiger partial charge in [-0.15, -0.1) is 0 Å². The molecule has 5 heteroatoms. The summed E-state index contributed by atoms with van der Waals surface area (Å²) >= 11 is 9.18. The molecule has 2 rings (SSSR count). The van der Waals surface area contributed by atoms with E-state index in [1.807, 2.05) is 6.07 Å². The van der Waals surface area contributed by atoms with Crippen LogP contribution in [0.5, 0.6) is 0 Å². The summed E-state index contributed by atoms with van der Waals surface area (Å²) < 4.78 is 14.6. The molecule has 0 spiro atoms. The maximum atomic E-state index is 13.8. The first-order valence-corrected chi connectivity index (χ1v) is 6.85. The Kier molecular flexibility index (Phi) is 4.80. The topological polar surface area (TPSA) is 32.3 Å². The molecule has 1 unspecified atom stereocenters. The number of aliphatic hydroxyl groups is 1. The molecule has 1 atom stereocenters. The maximum absolute atomic E-state index is 13.8. The zero-order valence-electron chi connectivity index (χ0n) is 9.91. The number of hydrogen-bond donors (Lipinski definition) is 2. The van der Waals surface area contributed by atoms with Gasteiger partial charge in [0, 0.05) is 20.7 Å². The molecule has 0 aliphatic carbocycles. The van der Waals surface area contributed by atoms with E-state index in [1.165, 1.54) is 6.07 Å². The number of anilines is 1. The van der Waals surface area contributed by atoms with Crippen molar-refractivity contribution in [3.05, 3.63) is 63.3 Å². The van der Waals surface area contributed by atoms with Gasteiger partial charge in [0.15, 0.2) is 0 Å². The molecular formula is C14H12BrClFNO. The Morgan fingerprint density at radius 2 is 2.05 bits per heavy atom. The van der Waals surface area contributed by atoms with Crippen LogP contribution >= 0.6 is 27.5 Å². The van der Waals surface area contributed by atoms with Gasteiger partial charge in [-0.3, -0.25) is 0 Å². The number of rotatable bonds is 4. The fourth-order valence-corrected chi connectivity index (χ4v) is 2.35. The molecule has 0 saturated heterocycles. The second-order valence-electron chi connectivity index (χ2n) is 4.06. The van der Waals surface area contributed by atoms with Crippen LogP contribution in [0.4, 0.5) is 10.1 Å². The number of aliphatic hydroxyl groups excluding tert-OH is 1. The van der Waals surface area contributed by atoms with Crippen LogP contribution in [0.2, 0.25) is 5.02 Å². The number of halogens is 3. The lowest BCUT2D eigenvalue weighted by Gasteiger charge is -2.19. The Bertz CT molecular complexity index is 579. The van der Waals surface area contributed by atoms with E-state index in [0.717, 1.165) is 10.2 Å².